The maximum Gasteiger partial charge on any atom is 0.0833 e. The Morgan fingerprint density at radius 3 is 1.33 bits per heavy atom. The average molecular weight is 435 g/mol. The molecule has 0 bridgehead atoms. The molecule has 0 saturated carbocycles. The molecule has 0 heterocycles. The molecule has 0 N–H and O–H groups in total. The standard InChI is InChI=1S/C24H22N2O2S2/c1-29(27,20-13-5-3-6-14-20)25-22-17-9-11-19-12-10-18-23(24(19)22)26-30(2,28)21-15-7-4-8-16-21/h3-18H,1-2H3. The van der Waals surface area contributed by atoms with Crippen molar-refractivity contribution in [3.8, 4) is 0 Å². The molecule has 0 aromatic heterocycles. The molecule has 4 rings (SSSR count). The number of fused-ring (bicyclic) bond motifs is 1. The van der Waals surface area contributed by atoms with E-state index >= 15 is 0 Å². The number of benzene rings is 4. The van der Waals surface area contributed by atoms with E-state index in [0.717, 1.165) is 10.8 Å². The Morgan fingerprint density at radius 1 is 0.533 bits per heavy atom. The highest BCUT2D eigenvalue weighted by Gasteiger charge is 2.12. The molecule has 0 radical (unpaired) electrons. The van der Waals surface area contributed by atoms with Crippen molar-refractivity contribution in [1.82, 2.24) is 0 Å². The second kappa shape index (κ2) is 8.05. The van der Waals surface area contributed by atoms with Gasteiger partial charge in [-0.1, -0.05) is 60.7 Å². The highest BCUT2D eigenvalue weighted by atomic mass is 32.2. The lowest BCUT2D eigenvalue weighted by atomic mass is 10.1. The number of hydrogen-bond donors (Lipinski definition) is 0. The van der Waals surface area contributed by atoms with Gasteiger partial charge >= 0.3 is 0 Å². The molecule has 30 heavy (non-hydrogen) atoms. The molecule has 4 aromatic rings. The van der Waals surface area contributed by atoms with Gasteiger partial charge < -0.3 is 0 Å². The summed E-state index contributed by atoms with van der Waals surface area (Å²) >= 11 is 0. The van der Waals surface area contributed by atoms with Crippen LogP contribution in [0.5, 0.6) is 0 Å². The van der Waals surface area contributed by atoms with Crippen molar-refractivity contribution in [1.29, 1.82) is 0 Å². The monoisotopic (exact) mass is 434 g/mol. The molecule has 0 spiro atoms. The second-order valence-corrected chi connectivity index (χ2v) is 11.6. The normalized spacial score (nSPS) is 15.1. The molecule has 4 nitrogen and oxygen atoms in total. The minimum atomic E-state index is -2.66. The van der Waals surface area contributed by atoms with E-state index in [1.807, 2.05) is 97.1 Å². The summed E-state index contributed by atoms with van der Waals surface area (Å²) in [7, 11) is -5.31. The van der Waals surface area contributed by atoms with Crippen LogP contribution in [0.1, 0.15) is 0 Å². The van der Waals surface area contributed by atoms with Crippen molar-refractivity contribution in [3.05, 3.63) is 97.1 Å². The van der Waals surface area contributed by atoms with Crippen LogP contribution in [0.15, 0.2) is 116 Å². The van der Waals surface area contributed by atoms with E-state index in [1.54, 1.807) is 12.5 Å². The zero-order valence-corrected chi connectivity index (χ0v) is 18.4. The van der Waals surface area contributed by atoms with Crippen LogP contribution in [-0.2, 0) is 19.5 Å². The van der Waals surface area contributed by atoms with Crippen molar-refractivity contribution in [3.63, 3.8) is 0 Å². The molecule has 0 aliphatic carbocycles. The van der Waals surface area contributed by atoms with E-state index < -0.39 is 19.5 Å². The van der Waals surface area contributed by atoms with Gasteiger partial charge in [-0.2, -0.15) is 8.73 Å². The fourth-order valence-electron chi connectivity index (χ4n) is 3.28. The quantitative estimate of drug-likeness (QED) is 0.372. The summed E-state index contributed by atoms with van der Waals surface area (Å²) in [4.78, 5) is 1.33. The average Bonchev–Trinajstić information content (AvgIpc) is 2.75. The number of rotatable bonds is 4. The minimum Gasteiger partial charge on any atom is -0.245 e. The summed E-state index contributed by atoms with van der Waals surface area (Å²) in [5.41, 5.74) is 1.15. The molecule has 152 valence electrons. The Morgan fingerprint density at radius 2 is 0.933 bits per heavy atom. The lowest BCUT2D eigenvalue weighted by Gasteiger charge is -2.10. The summed E-state index contributed by atoms with van der Waals surface area (Å²) < 4.78 is 36.0. The Hall–Kier alpha value is -2.96. The molecule has 0 amide bonds. The molecule has 0 saturated heterocycles. The first-order valence-electron chi connectivity index (χ1n) is 9.43. The van der Waals surface area contributed by atoms with Crippen molar-refractivity contribution in [2.45, 2.75) is 9.79 Å². The highest BCUT2D eigenvalue weighted by Crippen LogP contribution is 2.37. The first-order valence-corrected chi connectivity index (χ1v) is 13.3. The van der Waals surface area contributed by atoms with Gasteiger partial charge in [-0.15, -0.1) is 0 Å². The second-order valence-electron chi connectivity index (χ2n) is 7.07. The van der Waals surface area contributed by atoms with E-state index in [2.05, 4.69) is 8.73 Å². The van der Waals surface area contributed by atoms with Gasteiger partial charge in [0.1, 0.15) is 0 Å². The van der Waals surface area contributed by atoms with E-state index in [9.17, 15) is 8.42 Å². The van der Waals surface area contributed by atoms with Crippen molar-refractivity contribution < 1.29 is 8.42 Å². The third-order valence-electron chi connectivity index (χ3n) is 4.77. The third-order valence-corrected chi connectivity index (χ3v) is 8.15. The van der Waals surface area contributed by atoms with Crippen molar-refractivity contribution in [2.75, 3.05) is 12.5 Å². The zero-order valence-electron chi connectivity index (χ0n) is 16.8. The van der Waals surface area contributed by atoms with Crippen LogP contribution in [0.2, 0.25) is 0 Å². The fraction of sp³-hybridized carbons (Fsp3) is 0.0833. The maximum absolute atomic E-state index is 13.4. The van der Waals surface area contributed by atoms with Gasteiger partial charge in [0.05, 0.1) is 30.8 Å². The summed E-state index contributed by atoms with van der Waals surface area (Å²) in [6.45, 7) is 0. The smallest absolute Gasteiger partial charge is 0.0833 e. The van der Waals surface area contributed by atoms with Gasteiger partial charge in [-0.05, 0) is 41.8 Å². The van der Waals surface area contributed by atoms with E-state index in [1.165, 1.54) is 0 Å². The first-order chi connectivity index (χ1) is 14.4. The first kappa shape index (κ1) is 20.3. The van der Waals surface area contributed by atoms with Crippen LogP contribution in [-0.4, -0.2) is 20.9 Å². The van der Waals surface area contributed by atoms with Gasteiger partial charge in [-0.3, -0.25) is 0 Å². The van der Waals surface area contributed by atoms with E-state index in [0.29, 0.717) is 21.2 Å². The van der Waals surface area contributed by atoms with Gasteiger partial charge in [0.2, 0.25) is 0 Å². The summed E-state index contributed by atoms with van der Waals surface area (Å²) in [5, 5.41) is 1.65. The highest BCUT2D eigenvalue weighted by molar-refractivity contribution is 7.93. The fourth-order valence-corrected chi connectivity index (χ4v) is 5.87. The van der Waals surface area contributed by atoms with Crippen LogP contribution < -0.4 is 0 Å². The van der Waals surface area contributed by atoms with Crippen LogP contribution in [0, 0.1) is 0 Å². The van der Waals surface area contributed by atoms with Gasteiger partial charge in [0.25, 0.3) is 0 Å². The van der Waals surface area contributed by atoms with Crippen LogP contribution >= 0.6 is 0 Å². The molecule has 2 unspecified atom stereocenters. The Balaban J connectivity index is 1.97. The lowest BCUT2D eigenvalue weighted by Crippen LogP contribution is -1.97. The molecular formula is C24H22N2O2S2. The third kappa shape index (κ3) is 4.15. The predicted octanol–water partition coefficient (Wildman–Crippen LogP) is 6.42. The van der Waals surface area contributed by atoms with Crippen molar-refractivity contribution in [2.24, 2.45) is 8.73 Å². The summed E-state index contributed by atoms with van der Waals surface area (Å²) in [5.74, 6) is 0. The summed E-state index contributed by atoms with van der Waals surface area (Å²) in [6.07, 6.45) is 3.27. The molecule has 0 fully saturated rings. The SMILES string of the molecule is CS(=O)(=Nc1cccc2cccc(N=S(C)(=O)c3ccccc3)c12)c1ccccc1. The maximum atomic E-state index is 13.4. The Bertz CT molecular complexity index is 1340. The number of hydrogen-bond acceptors (Lipinski definition) is 4. The minimum absolute atomic E-state index is 0.575. The molecule has 2 atom stereocenters. The topological polar surface area (TPSA) is 58.9 Å². The van der Waals surface area contributed by atoms with E-state index in [4.69, 9.17) is 0 Å². The molecule has 4 aromatic carbocycles. The predicted molar refractivity (Wildman–Crippen MR) is 126 cm³/mol. The zero-order chi connectivity index (χ0) is 21.2. The van der Waals surface area contributed by atoms with Gasteiger partial charge in [0, 0.05) is 27.7 Å². The largest absolute Gasteiger partial charge is 0.245 e. The van der Waals surface area contributed by atoms with Crippen LogP contribution in [0.3, 0.4) is 0 Å². The van der Waals surface area contributed by atoms with E-state index in [-0.39, 0.29) is 0 Å². The Kier molecular flexibility index (Phi) is 5.45. The molecule has 6 heteroatoms. The van der Waals surface area contributed by atoms with Crippen LogP contribution in [0.4, 0.5) is 11.4 Å². The number of nitrogens with zero attached hydrogens (tertiary/aromatic N) is 2. The molecular weight excluding hydrogens is 412 g/mol. The lowest BCUT2D eigenvalue weighted by molar-refractivity contribution is 0.680. The van der Waals surface area contributed by atoms with Crippen molar-refractivity contribution >= 4 is 41.6 Å². The van der Waals surface area contributed by atoms with Gasteiger partial charge in [-0.25, -0.2) is 8.42 Å². The van der Waals surface area contributed by atoms with Gasteiger partial charge in [0.15, 0.2) is 0 Å². The Labute approximate surface area is 178 Å². The van der Waals surface area contributed by atoms with Crippen LogP contribution in [0.25, 0.3) is 10.8 Å². The summed E-state index contributed by atoms with van der Waals surface area (Å²) in [6, 6.07) is 29.8. The molecule has 0 aliphatic heterocycles. The molecule has 0 aliphatic rings.